The summed E-state index contributed by atoms with van der Waals surface area (Å²) in [6.07, 6.45) is -0.714. The molecule has 0 bridgehead atoms. The molecule has 1 aliphatic rings. The van der Waals surface area contributed by atoms with Crippen LogP contribution in [0.1, 0.15) is 0 Å². The molecule has 0 saturated carbocycles. The van der Waals surface area contributed by atoms with Crippen LogP contribution in [0.5, 0.6) is 0 Å². The van der Waals surface area contributed by atoms with E-state index in [1.165, 1.54) is 0 Å². The number of amides is 2. The molecule has 1 N–H and O–H groups in total. The normalized spacial score (nSPS) is 15.4. The van der Waals surface area contributed by atoms with Crippen molar-refractivity contribution in [3.05, 3.63) is 0 Å². The predicted octanol–water partition coefficient (Wildman–Crippen LogP) is -0.934. The molecule has 0 radical (unpaired) electrons. The third-order valence-corrected chi connectivity index (χ3v) is 1.51. The quantitative estimate of drug-likeness (QED) is 0.634. The van der Waals surface area contributed by atoms with Crippen molar-refractivity contribution in [2.75, 3.05) is 26.4 Å². The molecule has 0 aromatic heterocycles. The van der Waals surface area contributed by atoms with Crippen LogP contribution < -0.4 is 0 Å². The van der Waals surface area contributed by atoms with Gasteiger partial charge in [-0.25, -0.2) is 14.5 Å². The fourth-order valence-electron chi connectivity index (χ4n) is 0.924. The molecule has 0 spiro atoms. The number of rotatable bonds is 4. The zero-order chi connectivity index (χ0) is 10.6. The van der Waals surface area contributed by atoms with Gasteiger partial charge in [0.05, 0.1) is 6.54 Å². The van der Waals surface area contributed by atoms with E-state index in [1.54, 1.807) is 0 Å². The molecule has 0 aromatic rings. The maximum Gasteiger partial charge on any atom is 0.416 e. The van der Waals surface area contributed by atoms with E-state index in [9.17, 15) is 14.4 Å². The number of aliphatic carboxylic acids is 1. The summed E-state index contributed by atoms with van der Waals surface area (Å²) in [7, 11) is 0. The maximum absolute atomic E-state index is 11.1. The van der Waals surface area contributed by atoms with E-state index in [2.05, 4.69) is 9.47 Å². The number of nitrogens with zero attached hydrogens (tertiary/aromatic N) is 1. The largest absolute Gasteiger partial charge is 0.480 e. The Labute approximate surface area is 79.2 Å². The van der Waals surface area contributed by atoms with Crippen LogP contribution in [0, 0.1) is 0 Å². The van der Waals surface area contributed by atoms with Crippen molar-refractivity contribution < 1.29 is 29.0 Å². The number of carboxylic acids is 1. The summed E-state index contributed by atoms with van der Waals surface area (Å²) in [5.74, 6) is -1.75. The number of carbonyl (C=O) groups is 3. The Morgan fingerprint density at radius 1 is 1.50 bits per heavy atom. The van der Waals surface area contributed by atoms with Crippen LogP contribution in [-0.2, 0) is 19.1 Å². The maximum atomic E-state index is 11.1. The van der Waals surface area contributed by atoms with Crippen LogP contribution in [0.4, 0.5) is 4.79 Å². The van der Waals surface area contributed by atoms with E-state index in [1.807, 2.05) is 0 Å². The molecule has 2 amide bonds. The highest BCUT2D eigenvalue weighted by Gasteiger charge is 2.28. The summed E-state index contributed by atoms with van der Waals surface area (Å²) in [6, 6.07) is 0. The molecule has 0 unspecified atom stereocenters. The van der Waals surface area contributed by atoms with E-state index in [4.69, 9.17) is 5.11 Å². The molecule has 7 heteroatoms. The minimum absolute atomic E-state index is 0.170. The second-order valence-electron chi connectivity index (χ2n) is 2.55. The smallest absolute Gasteiger partial charge is 0.416 e. The first kappa shape index (κ1) is 10.5. The fraction of sp³-hybridized carbons (Fsp3) is 0.571. The molecule has 1 aliphatic heterocycles. The van der Waals surface area contributed by atoms with Gasteiger partial charge in [0.1, 0.15) is 19.8 Å². The lowest BCUT2D eigenvalue weighted by molar-refractivity contribution is -0.144. The first-order valence-corrected chi connectivity index (χ1v) is 3.88. The van der Waals surface area contributed by atoms with E-state index in [0.29, 0.717) is 0 Å². The summed E-state index contributed by atoms with van der Waals surface area (Å²) in [4.78, 5) is 32.9. The molecule has 1 fully saturated rings. The molecule has 0 atom stereocenters. The summed E-state index contributed by atoms with van der Waals surface area (Å²) in [5, 5.41) is 8.20. The van der Waals surface area contributed by atoms with Gasteiger partial charge in [-0.2, -0.15) is 0 Å². The molecule has 14 heavy (non-hydrogen) atoms. The fourth-order valence-corrected chi connectivity index (χ4v) is 0.924. The van der Waals surface area contributed by atoms with Crippen molar-refractivity contribution in [2.45, 2.75) is 0 Å². The highest BCUT2D eigenvalue weighted by molar-refractivity contribution is 5.93. The molecule has 0 aliphatic carbocycles. The van der Waals surface area contributed by atoms with Gasteiger partial charge in [0, 0.05) is 0 Å². The number of ether oxygens (including phenoxy) is 2. The Balaban J connectivity index is 2.27. The first-order valence-electron chi connectivity index (χ1n) is 3.88. The Morgan fingerprint density at radius 3 is 2.71 bits per heavy atom. The summed E-state index contributed by atoms with van der Waals surface area (Å²) in [5.41, 5.74) is 0. The van der Waals surface area contributed by atoms with Crippen LogP contribution >= 0.6 is 0 Å². The lowest BCUT2D eigenvalue weighted by atomic mass is 10.5. The van der Waals surface area contributed by atoms with Gasteiger partial charge in [-0.1, -0.05) is 0 Å². The van der Waals surface area contributed by atoms with Crippen molar-refractivity contribution in [1.29, 1.82) is 0 Å². The average molecular weight is 203 g/mol. The minimum Gasteiger partial charge on any atom is -0.480 e. The summed E-state index contributed by atoms with van der Waals surface area (Å²) in [6.45, 7) is -0.631. The number of carboxylic acid groups (broad SMARTS) is 1. The van der Waals surface area contributed by atoms with Gasteiger partial charge in [-0.3, -0.25) is 4.79 Å². The number of carbonyl (C=O) groups excluding carboxylic acids is 2. The first-order chi connectivity index (χ1) is 6.61. The van der Waals surface area contributed by atoms with E-state index in [0.717, 1.165) is 4.90 Å². The van der Waals surface area contributed by atoms with Gasteiger partial charge in [0.2, 0.25) is 0 Å². The molecule has 1 saturated heterocycles. The SMILES string of the molecule is O=C(O)COCC(=O)N1CCOC1=O. The lowest BCUT2D eigenvalue weighted by Crippen LogP contribution is -2.35. The highest BCUT2D eigenvalue weighted by Crippen LogP contribution is 2.03. The zero-order valence-electron chi connectivity index (χ0n) is 7.26. The molecule has 1 heterocycles. The highest BCUT2D eigenvalue weighted by atomic mass is 16.6. The van der Waals surface area contributed by atoms with Gasteiger partial charge in [0.15, 0.2) is 0 Å². The Bertz CT molecular complexity index is 263. The van der Waals surface area contributed by atoms with Gasteiger partial charge < -0.3 is 14.6 Å². The number of cyclic esters (lactones) is 1. The zero-order valence-corrected chi connectivity index (χ0v) is 7.26. The number of hydrogen-bond acceptors (Lipinski definition) is 5. The van der Waals surface area contributed by atoms with E-state index < -0.39 is 31.2 Å². The Kier molecular flexibility index (Phi) is 3.41. The van der Waals surface area contributed by atoms with Gasteiger partial charge >= 0.3 is 12.1 Å². The van der Waals surface area contributed by atoms with Crippen molar-refractivity contribution in [1.82, 2.24) is 4.90 Å². The van der Waals surface area contributed by atoms with Crippen molar-refractivity contribution in [3.8, 4) is 0 Å². The topological polar surface area (TPSA) is 93.1 Å². The molecular formula is C7H9NO6. The average Bonchev–Trinajstić information content (AvgIpc) is 2.50. The number of imide groups is 1. The van der Waals surface area contributed by atoms with Crippen LogP contribution in [-0.4, -0.2) is 54.3 Å². The van der Waals surface area contributed by atoms with Gasteiger partial charge in [0.25, 0.3) is 5.91 Å². The summed E-state index contributed by atoms with van der Waals surface area (Å²) < 4.78 is 9.03. The van der Waals surface area contributed by atoms with Crippen molar-refractivity contribution >= 4 is 18.0 Å². The van der Waals surface area contributed by atoms with Gasteiger partial charge in [-0.15, -0.1) is 0 Å². The van der Waals surface area contributed by atoms with Crippen LogP contribution in [0.15, 0.2) is 0 Å². The third kappa shape index (κ3) is 2.70. The van der Waals surface area contributed by atoms with Crippen molar-refractivity contribution in [3.63, 3.8) is 0 Å². The Hall–Kier alpha value is -1.63. The monoisotopic (exact) mass is 203 g/mol. The second-order valence-corrected chi connectivity index (χ2v) is 2.55. The molecule has 1 rings (SSSR count). The number of hydrogen-bond donors (Lipinski definition) is 1. The molecule has 7 nitrogen and oxygen atoms in total. The standard InChI is InChI=1S/C7H9NO6/c9-5(3-13-4-6(10)11)8-1-2-14-7(8)12/h1-4H2,(H,10,11). The molecule has 0 aromatic carbocycles. The summed E-state index contributed by atoms with van der Waals surface area (Å²) >= 11 is 0. The molecule has 78 valence electrons. The van der Waals surface area contributed by atoms with E-state index >= 15 is 0 Å². The lowest BCUT2D eigenvalue weighted by Gasteiger charge is -2.09. The third-order valence-electron chi connectivity index (χ3n) is 1.51. The second kappa shape index (κ2) is 4.56. The van der Waals surface area contributed by atoms with E-state index in [-0.39, 0.29) is 13.2 Å². The predicted molar refractivity (Wildman–Crippen MR) is 41.5 cm³/mol. The van der Waals surface area contributed by atoms with Crippen molar-refractivity contribution in [2.24, 2.45) is 0 Å². The van der Waals surface area contributed by atoms with Gasteiger partial charge in [-0.05, 0) is 0 Å². The van der Waals surface area contributed by atoms with Crippen LogP contribution in [0.25, 0.3) is 0 Å². The van der Waals surface area contributed by atoms with Crippen LogP contribution in [0.2, 0.25) is 0 Å². The Morgan fingerprint density at radius 2 is 2.21 bits per heavy atom. The van der Waals surface area contributed by atoms with Crippen LogP contribution in [0.3, 0.4) is 0 Å². The minimum atomic E-state index is -1.17. The molecular weight excluding hydrogens is 194 g/mol.